The lowest BCUT2D eigenvalue weighted by atomic mass is 9.80. The number of carbonyl (C=O) groups excluding carboxylic acids is 2. The Balaban J connectivity index is 1.49. The Hall–Kier alpha value is -3.39. The molecule has 0 aliphatic heterocycles. The maximum Gasteiger partial charge on any atom is 0.408 e. The van der Waals surface area contributed by atoms with Crippen LogP contribution < -0.4 is 5.32 Å². The fourth-order valence-electron chi connectivity index (χ4n) is 5.22. The Morgan fingerprint density at radius 1 is 0.971 bits per heavy atom. The van der Waals surface area contributed by atoms with Crippen LogP contribution in [0.5, 0.6) is 0 Å². The topological polar surface area (TPSA) is 116 Å². The van der Waals surface area contributed by atoms with Gasteiger partial charge in [0.2, 0.25) is 5.91 Å². The second-order valence-electron chi connectivity index (χ2n) is 8.94. The summed E-state index contributed by atoms with van der Waals surface area (Å²) >= 11 is 0. The molecule has 0 atom stereocenters. The molecule has 4 rings (SSSR count). The molecular weight excluding hydrogens is 436 g/mol. The molecule has 0 radical (unpaired) electrons. The minimum absolute atomic E-state index is 0.103. The van der Waals surface area contributed by atoms with Crippen molar-refractivity contribution in [3.05, 3.63) is 59.7 Å². The van der Waals surface area contributed by atoms with E-state index in [9.17, 15) is 24.6 Å². The molecule has 0 bridgehead atoms. The summed E-state index contributed by atoms with van der Waals surface area (Å²) in [5.74, 6) is -1.76. The van der Waals surface area contributed by atoms with Gasteiger partial charge in [0.25, 0.3) is 0 Å². The van der Waals surface area contributed by atoms with Crippen molar-refractivity contribution in [1.29, 1.82) is 0 Å². The molecule has 0 heterocycles. The maximum absolute atomic E-state index is 13.4. The van der Waals surface area contributed by atoms with E-state index >= 15 is 0 Å². The van der Waals surface area contributed by atoms with Gasteiger partial charge in [-0.25, -0.2) is 4.79 Å². The highest BCUT2D eigenvalue weighted by atomic mass is 16.5. The zero-order valence-electron chi connectivity index (χ0n) is 19.0. The number of ether oxygens (including phenoxy) is 1. The lowest BCUT2D eigenvalue weighted by molar-refractivity contribution is -0.148. The monoisotopic (exact) mass is 466 g/mol. The average molecular weight is 467 g/mol. The molecule has 8 nitrogen and oxygen atoms in total. The SMILES string of the molecule is O=C(O)CN(CCO)C(=O)C1(NC(=O)OCC2c3ccccc3-c3ccccc32)CCCCC1. The summed E-state index contributed by atoms with van der Waals surface area (Å²) in [6, 6.07) is 16.1. The zero-order valence-corrected chi connectivity index (χ0v) is 19.0. The quantitative estimate of drug-likeness (QED) is 0.550. The largest absolute Gasteiger partial charge is 0.480 e. The summed E-state index contributed by atoms with van der Waals surface area (Å²) in [6.45, 7) is -0.883. The Kier molecular flexibility index (Phi) is 7.17. The van der Waals surface area contributed by atoms with Crippen molar-refractivity contribution in [3.63, 3.8) is 0 Å². The van der Waals surface area contributed by atoms with E-state index in [4.69, 9.17) is 4.74 Å². The van der Waals surface area contributed by atoms with E-state index in [0.29, 0.717) is 12.8 Å². The van der Waals surface area contributed by atoms with Gasteiger partial charge in [-0.3, -0.25) is 9.59 Å². The third kappa shape index (κ3) is 4.77. The number of aliphatic hydroxyl groups excluding tert-OH is 1. The van der Waals surface area contributed by atoms with Gasteiger partial charge in [-0.2, -0.15) is 0 Å². The smallest absolute Gasteiger partial charge is 0.408 e. The van der Waals surface area contributed by atoms with Crippen molar-refractivity contribution in [2.45, 2.75) is 43.6 Å². The highest BCUT2D eigenvalue weighted by Crippen LogP contribution is 2.44. The molecular formula is C26H30N2O6. The molecule has 0 aromatic heterocycles. The molecule has 0 spiro atoms. The molecule has 0 saturated heterocycles. The number of carboxylic acid groups (broad SMARTS) is 1. The summed E-state index contributed by atoms with van der Waals surface area (Å²) in [6.07, 6.45) is 2.50. The van der Waals surface area contributed by atoms with Gasteiger partial charge in [0.1, 0.15) is 18.7 Å². The van der Waals surface area contributed by atoms with Crippen LogP contribution >= 0.6 is 0 Å². The second kappa shape index (κ2) is 10.3. The molecule has 2 aromatic rings. The normalized spacial score (nSPS) is 16.3. The molecule has 8 heteroatoms. The third-order valence-corrected chi connectivity index (χ3v) is 6.78. The summed E-state index contributed by atoms with van der Waals surface area (Å²) in [7, 11) is 0. The first kappa shape index (κ1) is 23.8. The van der Waals surface area contributed by atoms with Crippen LogP contribution in [0.25, 0.3) is 11.1 Å². The number of benzene rings is 2. The summed E-state index contributed by atoms with van der Waals surface area (Å²) in [4.78, 5) is 38.6. The Bertz CT molecular complexity index is 1020. The number of hydrogen-bond donors (Lipinski definition) is 3. The van der Waals surface area contributed by atoms with Crippen molar-refractivity contribution in [1.82, 2.24) is 10.2 Å². The van der Waals surface area contributed by atoms with Gasteiger partial charge in [0.15, 0.2) is 0 Å². The van der Waals surface area contributed by atoms with Crippen LogP contribution in [-0.2, 0) is 14.3 Å². The molecule has 2 amide bonds. The molecule has 1 fully saturated rings. The van der Waals surface area contributed by atoms with Crippen LogP contribution in [-0.4, -0.2) is 64.9 Å². The third-order valence-electron chi connectivity index (χ3n) is 6.78. The Morgan fingerprint density at radius 3 is 2.12 bits per heavy atom. The molecule has 2 aliphatic rings. The average Bonchev–Trinajstić information content (AvgIpc) is 3.16. The number of alkyl carbamates (subject to hydrolysis) is 1. The number of nitrogens with zero attached hydrogens (tertiary/aromatic N) is 1. The number of hydrogen-bond acceptors (Lipinski definition) is 5. The van der Waals surface area contributed by atoms with Gasteiger partial charge >= 0.3 is 12.1 Å². The van der Waals surface area contributed by atoms with Crippen molar-refractivity contribution in [2.75, 3.05) is 26.3 Å². The van der Waals surface area contributed by atoms with Crippen LogP contribution in [0.15, 0.2) is 48.5 Å². The van der Waals surface area contributed by atoms with Gasteiger partial charge in [0.05, 0.1) is 6.61 Å². The highest BCUT2D eigenvalue weighted by Gasteiger charge is 2.44. The van der Waals surface area contributed by atoms with Crippen LogP contribution in [0.1, 0.15) is 49.1 Å². The van der Waals surface area contributed by atoms with Crippen LogP contribution in [0.2, 0.25) is 0 Å². The fourth-order valence-corrected chi connectivity index (χ4v) is 5.22. The van der Waals surface area contributed by atoms with E-state index < -0.39 is 30.1 Å². The van der Waals surface area contributed by atoms with Crippen molar-refractivity contribution in [3.8, 4) is 11.1 Å². The van der Waals surface area contributed by atoms with E-state index in [-0.39, 0.29) is 25.7 Å². The first-order chi connectivity index (χ1) is 16.4. The maximum atomic E-state index is 13.4. The first-order valence-electron chi connectivity index (χ1n) is 11.7. The van der Waals surface area contributed by atoms with Gasteiger partial charge in [-0.15, -0.1) is 0 Å². The van der Waals surface area contributed by atoms with Crippen LogP contribution in [0.4, 0.5) is 4.79 Å². The number of carbonyl (C=O) groups is 3. The minimum Gasteiger partial charge on any atom is -0.480 e. The minimum atomic E-state index is -1.23. The lowest BCUT2D eigenvalue weighted by Gasteiger charge is -2.39. The molecule has 180 valence electrons. The molecule has 1 saturated carbocycles. The van der Waals surface area contributed by atoms with Crippen molar-refractivity contribution < 1.29 is 29.3 Å². The van der Waals surface area contributed by atoms with E-state index in [1.807, 2.05) is 36.4 Å². The van der Waals surface area contributed by atoms with Gasteiger partial charge in [0, 0.05) is 12.5 Å². The molecule has 34 heavy (non-hydrogen) atoms. The number of amides is 2. The fraction of sp³-hybridized carbons (Fsp3) is 0.423. The number of rotatable bonds is 8. The molecule has 2 aliphatic carbocycles. The predicted octanol–water partition coefficient (Wildman–Crippen LogP) is 3.13. The standard InChI is InChI=1S/C26H30N2O6/c29-15-14-28(16-23(30)31)24(32)26(12-6-1-7-13-26)27-25(33)34-17-22-20-10-4-2-8-18(20)19-9-3-5-11-21(19)22/h2-5,8-11,22,29H,1,6-7,12-17H2,(H,27,33)(H,30,31). The number of aliphatic carboxylic acids is 1. The van der Waals surface area contributed by atoms with Crippen molar-refractivity contribution >= 4 is 18.0 Å². The van der Waals surface area contributed by atoms with E-state index in [0.717, 1.165) is 46.4 Å². The molecule has 0 unspecified atom stereocenters. The molecule has 3 N–H and O–H groups in total. The number of fused-ring (bicyclic) bond motifs is 3. The summed E-state index contributed by atoms with van der Waals surface area (Å²) < 4.78 is 5.65. The lowest BCUT2D eigenvalue weighted by Crippen LogP contribution is -2.61. The Labute approximate surface area is 198 Å². The van der Waals surface area contributed by atoms with Gasteiger partial charge in [-0.1, -0.05) is 67.8 Å². The van der Waals surface area contributed by atoms with Gasteiger partial charge < -0.3 is 25.2 Å². The second-order valence-corrected chi connectivity index (χ2v) is 8.94. The van der Waals surface area contributed by atoms with Crippen LogP contribution in [0, 0.1) is 0 Å². The van der Waals surface area contributed by atoms with E-state index in [1.165, 1.54) is 0 Å². The van der Waals surface area contributed by atoms with Crippen molar-refractivity contribution in [2.24, 2.45) is 0 Å². The van der Waals surface area contributed by atoms with E-state index in [2.05, 4.69) is 17.4 Å². The highest BCUT2D eigenvalue weighted by molar-refractivity contribution is 5.92. The van der Waals surface area contributed by atoms with Crippen LogP contribution in [0.3, 0.4) is 0 Å². The summed E-state index contributed by atoms with van der Waals surface area (Å²) in [5.41, 5.74) is 3.20. The predicted molar refractivity (Wildman–Crippen MR) is 125 cm³/mol. The molecule has 2 aromatic carbocycles. The van der Waals surface area contributed by atoms with E-state index in [1.54, 1.807) is 0 Å². The van der Waals surface area contributed by atoms with Gasteiger partial charge in [-0.05, 0) is 35.1 Å². The number of nitrogens with one attached hydrogen (secondary N) is 1. The first-order valence-corrected chi connectivity index (χ1v) is 11.7. The Morgan fingerprint density at radius 2 is 1.56 bits per heavy atom. The summed E-state index contributed by atoms with van der Waals surface area (Å²) in [5, 5.41) is 21.3. The number of carboxylic acids is 1. The zero-order chi connectivity index (χ0) is 24.1. The number of aliphatic hydroxyl groups is 1.